The van der Waals surface area contributed by atoms with E-state index in [4.69, 9.17) is 17.3 Å². The van der Waals surface area contributed by atoms with Gasteiger partial charge in [0.15, 0.2) is 5.82 Å². The maximum Gasteiger partial charge on any atom is 0.181 e. The second-order valence-corrected chi connectivity index (χ2v) is 7.32. The highest BCUT2D eigenvalue weighted by Gasteiger charge is 2.13. The minimum atomic E-state index is 0.477. The fraction of sp³-hybridized carbons (Fsp3) is 0.105. The fourth-order valence-corrected chi connectivity index (χ4v) is 3.95. The lowest BCUT2D eigenvalue weighted by atomic mass is 10.1. The zero-order valence-electron chi connectivity index (χ0n) is 13.5. The molecule has 0 unspecified atom stereocenters. The van der Waals surface area contributed by atoms with Crippen LogP contribution < -0.4 is 5.73 Å². The van der Waals surface area contributed by atoms with Crippen LogP contribution in [0.4, 0.5) is 5.82 Å². The number of hydrogen-bond acceptors (Lipinski definition) is 5. The molecule has 0 spiro atoms. The Bertz CT molecular complexity index is 1070. The largest absolute Gasteiger partial charge is 0.383 e. The molecule has 0 saturated heterocycles. The van der Waals surface area contributed by atoms with Crippen molar-refractivity contribution in [3.05, 3.63) is 69.7 Å². The van der Waals surface area contributed by atoms with E-state index >= 15 is 0 Å². The van der Waals surface area contributed by atoms with E-state index in [0.29, 0.717) is 11.6 Å². The SMILES string of the molecule is Cc1cccc(-c2nc(N)c3cc(Cc4ccccc4Cl)sc3n2)n1. The van der Waals surface area contributed by atoms with E-state index in [1.54, 1.807) is 11.3 Å². The first-order chi connectivity index (χ1) is 12.1. The number of nitrogens with zero attached hydrogens (tertiary/aromatic N) is 3. The molecule has 0 saturated carbocycles. The van der Waals surface area contributed by atoms with Gasteiger partial charge in [-0.05, 0) is 36.8 Å². The van der Waals surface area contributed by atoms with E-state index < -0.39 is 0 Å². The third kappa shape index (κ3) is 3.21. The summed E-state index contributed by atoms with van der Waals surface area (Å²) in [7, 11) is 0. The van der Waals surface area contributed by atoms with Crippen LogP contribution in [-0.4, -0.2) is 15.0 Å². The summed E-state index contributed by atoms with van der Waals surface area (Å²) in [6.45, 7) is 1.94. The fourth-order valence-electron chi connectivity index (χ4n) is 2.69. The molecule has 6 heteroatoms. The van der Waals surface area contributed by atoms with Crippen molar-refractivity contribution < 1.29 is 0 Å². The summed E-state index contributed by atoms with van der Waals surface area (Å²) in [4.78, 5) is 15.6. The van der Waals surface area contributed by atoms with Gasteiger partial charge < -0.3 is 5.73 Å². The molecule has 0 fully saturated rings. The number of benzene rings is 1. The van der Waals surface area contributed by atoms with Crippen LogP contribution >= 0.6 is 22.9 Å². The number of aryl methyl sites for hydroxylation is 1. The lowest BCUT2D eigenvalue weighted by molar-refractivity contribution is 1.14. The number of halogens is 1. The molecule has 0 aliphatic heterocycles. The van der Waals surface area contributed by atoms with Gasteiger partial charge in [-0.2, -0.15) is 0 Å². The summed E-state index contributed by atoms with van der Waals surface area (Å²) in [5.41, 5.74) is 8.91. The molecule has 0 atom stereocenters. The Balaban J connectivity index is 1.76. The van der Waals surface area contributed by atoms with E-state index in [1.165, 1.54) is 0 Å². The number of aromatic nitrogens is 3. The van der Waals surface area contributed by atoms with Crippen molar-refractivity contribution >= 4 is 39.0 Å². The average molecular weight is 367 g/mol. The maximum atomic E-state index is 6.27. The van der Waals surface area contributed by atoms with E-state index in [-0.39, 0.29) is 0 Å². The third-order valence-corrected chi connectivity index (χ3v) is 5.31. The van der Waals surface area contributed by atoms with Crippen molar-refractivity contribution in [3.63, 3.8) is 0 Å². The first-order valence-corrected chi connectivity index (χ1v) is 9.03. The van der Waals surface area contributed by atoms with Gasteiger partial charge in [0, 0.05) is 22.0 Å². The molecule has 1 aromatic carbocycles. The quantitative estimate of drug-likeness (QED) is 0.560. The molecule has 25 heavy (non-hydrogen) atoms. The van der Waals surface area contributed by atoms with Crippen LogP contribution in [0.3, 0.4) is 0 Å². The number of anilines is 1. The number of thiophene rings is 1. The van der Waals surface area contributed by atoms with E-state index in [9.17, 15) is 0 Å². The molecule has 3 heterocycles. The van der Waals surface area contributed by atoms with Crippen LogP contribution in [0.25, 0.3) is 21.7 Å². The Labute approximate surface area is 154 Å². The molecule has 0 radical (unpaired) electrons. The lowest BCUT2D eigenvalue weighted by Gasteiger charge is -2.02. The van der Waals surface area contributed by atoms with Gasteiger partial charge in [0.2, 0.25) is 0 Å². The highest BCUT2D eigenvalue weighted by molar-refractivity contribution is 7.18. The average Bonchev–Trinajstić information content (AvgIpc) is 3.00. The molecule has 0 aliphatic rings. The standard InChI is InChI=1S/C19H15ClN4S/c1-11-5-4-8-16(22-11)18-23-17(21)14-10-13(25-19(14)24-18)9-12-6-2-3-7-15(12)20/h2-8,10H,9H2,1H3,(H2,21,23,24). The Kier molecular flexibility index (Phi) is 4.11. The molecule has 124 valence electrons. The van der Waals surface area contributed by atoms with E-state index in [2.05, 4.69) is 15.0 Å². The number of nitrogens with two attached hydrogens (primary N) is 1. The van der Waals surface area contributed by atoms with Crippen molar-refractivity contribution in [1.29, 1.82) is 0 Å². The van der Waals surface area contributed by atoms with Gasteiger partial charge in [-0.15, -0.1) is 11.3 Å². The lowest BCUT2D eigenvalue weighted by Crippen LogP contribution is -1.97. The Morgan fingerprint density at radius 1 is 1.04 bits per heavy atom. The first kappa shape index (κ1) is 16.0. The van der Waals surface area contributed by atoms with E-state index in [0.717, 1.165) is 43.5 Å². The van der Waals surface area contributed by atoms with Gasteiger partial charge in [-0.3, -0.25) is 0 Å². The minimum Gasteiger partial charge on any atom is -0.383 e. The molecule has 2 N–H and O–H groups in total. The van der Waals surface area contributed by atoms with Crippen LogP contribution in [0.2, 0.25) is 5.02 Å². The zero-order valence-corrected chi connectivity index (χ0v) is 15.1. The van der Waals surface area contributed by atoms with Crippen LogP contribution in [0.15, 0.2) is 48.5 Å². The number of hydrogen-bond donors (Lipinski definition) is 1. The monoisotopic (exact) mass is 366 g/mol. The molecule has 0 amide bonds. The first-order valence-electron chi connectivity index (χ1n) is 7.83. The maximum absolute atomic E-state index is 6.27. The van der Waals surface area contributed by atoms with Crippen molar-refractivity contribution in [3.8, 4) is 11.5 Å². The van der Waals surface area contributed by atoms with Crippen LogP contribution in [0.1, 0.15) is 16.1 Å². The van der Waals surface area contributed by atoms with Gasteiger partial charge in [0.1, 0.15) is 16.3 Å². The molecule has 4 rings (SSSR count). The van der Waals surface area contributed by atoms with Crippen molar-refractivity contribution in [2.45, 2.75) is 13.3 Å². The predicted molar refractivity (Wildman–Crippen MR) is 104 cm³/mol. The second-order valence-electron chi connectivity index (χ2n) is 5.80. The highest BCUT2D eigenvalue weighted by Crippen LogP contribution is 2.32. The molecule has 0 aliphatic carbocycles. The van der Waals surface area contributed by atoms with Crippen LogP contribution in [0.5, 0.6) is 0 Å². The summed E-state index contributed by atoms with van der Waals surface area (Å²) in [6.07, 6.45) is 0.748. The van der Waals surface area contributed by atoms with Gasteiger partial charge in [0.25, 0.3) is 0 Å². The van der Waals surface area contributed by atoms with Gasteiger partial charge in [-0.25, -0.2) is 15.0 Å². The molecule has 4 nitrogen and oxygen atoms in total. The number of rotatable bonds is 3. The number of fused-ring (bicyclic) bond motifs is 1. The van der Waals surface area contributed by atoms with Crippen LogP contribution in [0, 0.1) is 6.92 Å². The third-order valence-electron chi connectivity index (χ3n) is 3.91. The Morgan fingerprint density at radius 2 is 1.88 bits per heavy atom. The number of nitrogen functional groups attached to an aromatic ring is 1. The second kappa shape index (κ2) is 6.43. The summed E-state index contributed by atoms with van der Waals surface area (Å²) in [5.74, 6) is 1.03. The predicted octanol–water partition coefficient (Wildman–Crippen LogP) is 4.89. The molecular weight excluding hydrogens is 352 g/mol. The normalized spacial score (nSPS) is 11.1. The van der Waals surface area contributed by atoms with Gasteiger partial charge in [0.05, 0.1) is 5.39 Å². The summed E-state index contributed by atoms with van der Waals surface area (Å²) >= 11 is 7.88. The van der Waals surface area contributed by atoms with Crippen molar-refractivity contribution in [2.24, 2.45) is 0 Å². The van der Waals surface area contributed by atoms with Crippen LogP contribution in [-0.2, 0) is 6.42 Å². The molecular formula is C19H15ClN4S. The number of pyridine rings is 1. The van der Waals surface area contributed by atoms with E-state index in [1.807, 2.05) is 55.5 Å². The zero-order chi connectivity index (χ0) is 17.4. The smallest absolute Gasteiger partial charge is 0.181 e. The summed E-state index contributed by atoms with van der Waals surface area (Å²) in [5, 5.41) is 1.65. The molecule has 4 aromatic rings. The highest BCUT2D eigenvalue weighted by atomic mass is 35.5. The topological polar surface area (TPSA) is 64.7 Å². The summed E-state index contributed by atoms with van der Waals surface area (Å²) in [6, 6.07) is 15.7. The molecule has 0 bridgehead atoms. The van der Waals surface area contributed by atoms with Gasteiger partial charge in [-0.1, -0.05) is 35.9 Å². The van der Waals surface area contributed by atoms with Gasteiger partial charge >= 0.3 is 0 Å². The minimum absolute atomic E-state index is 0.477. The van der Waals surface area contributed by atoms with Crippen molar-refractivity contribution in [1.82, 2.24) is 15.0 Å². The Morgan fingerprint density at radius 3 is 2.68 bits per heavy atom. The summed E-state index contributed by atoms with van der Waals surface area (Å²) < 4.78 is 0. The molecule has 3 aromatic heterocycles. The van der Waals surface area contributed by atoms with Crippen molar-refractivity contribution in [2.75, 3.05) is 5.73 Å². The Hall–Kier alpha value is -2.50.